The average molecular weight is 337 g/mol. The molecule has 7 nitrogen and oxygen atoms in total. The summed E-state index contributed by atoms with van der Waals surface area (Å²) in [5.74, 6) is -3.55. The summed E-state index contributed by atoms with van der Waals surface area (Å²) in [6, 6.07) is 5.62. The van der Waals surface area contributed by atoms with Gasteiger partial charge in [-0.25, -0.2) is 8.78 Å². The molecule has 0 bridgehead atoms. The number of anilines is 1. The molecule has 2 rings (SSSR count). The zero-order valence-corrected chi connectivity index (χ0v) is 12.3. The Bertz CT molecular complexity index is 747. The summed E-state index contributed by atoms with van der Waals surface area (Å²) < 4.78 is 30.9. The van der Waals surface area contributed by atoms with Gasteiger partial charge in [-0.1, -0.05) is 0 Å². The van der Waals surface area contributed by atoms with Gasteiger partial charge < -0.3 is 20.4 Å². The van der Waals surface area contributed by atoms with E-state index < -0.39 is 35.9 Å². The fourth-order valence-corrected chi connectivity index (χ4v) is 1.68. The van der Waals surface area contributed by atoms with Gasteiger partial charge in [-0.3, -0.25) is 14.4 Å². The van der Waals surface area contributed by atoms with Crippen molar-refractivity contribution in [1.82, 2.24) is 10.6 Å². The SMILES string of the molecule is O=C(CNC(=O)c1ccco1)NCC(=O)Nc1ccc(F)cc1F. The molecule has 0 unspecified atom stereocenters. The third kappa shape index (κ3) is 4.90. The first kappa shape index (κ1) is 17.1. The van der Waals surface area contributed by atoms with E-state index in [9.17, 15) is 23.2 Å². The summed E-state index contributed by atoms with van der Waals surface area (Å²) in [6.45, 7) is -0.802. The van der Waals surface area contributed by atoms with Crippen LogP contribution in [0.4, 0.5) is 14.5 Å². The van der Waals surface area contributed by atoms with Crippen LogP contribution in [-0.4, -0.2) is 30.8 Å². The largest absolute Gasteiger partial charge is 0.459 e. The number of carbonyl (C=O) groups is 3. The van der Waals surface area contributed by atoms with E-state index in [4.69, 9.17) is 4.42 Å². The monoisotopic (exact) mass is 337 g/mol. The van der Waals surface area contributed by atoms with Crippen LogP contribution in [0.5, 0.6) is 0 Å². The van der Waals surface area contributed by atoms with Gasteiger partial charge in [-0.2, -0.15) is 0 Å². The van der Waals surface area contributed by atoms with Gasteiger partial charge >= 0.3 is 0 Å². The van der Waals surface area contributed by atoms with Gasteiger partial charge in [-0.15, -0.1) is 0 Å². The molecular formula is C15H13F2N3O4. The first-order chi connectivity index (χ1) is 11.5. The van der Waals surface area contributed by atoms with Crippen LogP contribution in [0.2, 0.25) is 0 Å². The van der Waals surface area contributed by atoms with Crippen LogP contribution in [0.1, 0.15) is 10.6 Å². The van der Waals surface area contributed by atoms with Crippen LogP contribution in [0.25, 0.3) is 0 Å². The lowest BCUT2D eigenvalue weighted by Gasteiger charge is -2.08. The number of halogens is 2. The standard InChI is InChI=1S/C15H13F2N3O4/c16-9-3-4-11(10(17)6-9)20-14(22)8-18-13(21)7-19-15(23)12-2-1-5-24-12/h1-6H,7-8H2,(H,18,21)(H,19,23)(H,20,22). The minimum atomic E-state index is -0.930. The Morgan fingerprint density at radius 2 is 1.75 bits per heavy atom. The first-order valence-electron chi connectivity index (χ1n) is 6.79. The number of nitrogens with one attached hydrogen (secondary N) is 3. The van der Waals surface area contributed by atoms with Crippen molar-refractivity contribution in [1.29, 1.82) is 0 Å². The molecule has 9 heteroatoms. The van der Waals surface area contributed by atoms with Crippen LogP contribution in [-0.2, 0) is 9.59 Å². The van der Waals surface area contributed by atoms with Crippen molar-refractivity contribution in [2.45, 2.75) is 0 Å². The van der Waals surface area contributed by atoms with E-state index in [2.05, 4.69) is 16.0 Å². The van der Waals surface area contributed by atoms with Gasteiger partial charge in [0.25, 0.3) is 5.91 Å². The summed E-state index contributed by atoms with van der Waals surface area (Å²) in [4.78, 5) is 34.6. The normalized spacial score (nSPS) is 10.1. The van der Waals surface area contributed by atoms with E-state index in [1.165, 1.54) is 18.4 Å². The zero-order chi connectivity index (χ0) is 17.5. The highest BCUT2D eigenvalue weighted by Gasteiger charge is 2.12. The highest BCUT2D eigenvalue weighted by molar-refractivity contribution is 5.96. The van der Waals surface area contributed by atoms with Crippen molar-refractivity contribution in [3.05, 3.63) is 54.0 Å². The Hall–Kier alpha value is -3.23. The lowest BCUT2D eigenvalue weighted by atomic mass is 10.3. The third-order valence-electron chi connectivity index (χ3n) is 2.81. The van der Waals surface area contributed by atoms with Crippen LogP contribution < -0.4 is 16.0 Å². The Morgan fingerprint density at radius 1 is 1.00 bits per heavy atom. The van der Waals surface area contributed by atoms with E-state index in [1.54, 1.807) is 0 Å². The Labute approximate surface area is 135 Å². The molecule has 0 fully saturated rings. The van der Waals surface area contributed by atoms with Crippen molar-refractivity contribution in [3.63, 3.8) is 0 Å². The van der Waals surface area contributed by atoms with Crippen molar-refractivity contribution in [3.8, 4) is 0 Å². The van der Waals surface area contributed by atoms with Gasteiger partial charge in [0.15, 0.2) is 5.76 Å². The molecule has 0 aliphatic heterocycles. The van der Waals surface area contributed by atoms with Crippen molar-refractivity contribution < 1.29 is 27.6 Å². The molecule has 3 amide bonds. The van der Waals surface area contributed by atoms with Crippen LogP contribution in [0.15, 0.2) is 41.0 Å². The maximum Gasteiger partial charge on any atom is 0.287 e. The van der Waals surface area contributed by atoms with Crippen LogP contribution in [0.3, 0.4) is 0 Å². The van der Waals surface area contributed by atoms with Gasteiger partial charge in [0.2, 0.25) is 11.8 Å². The molecule has 0 aliphatic carbocycles. The van der Waals surface area contributed by atoms with Crippen molar-refractivity contribution >= 4 is 23.4 Å². The van der Waals surface area contributed by atoms with Crippen molar-refractivity contribution in [2.75, 3.05) is 18.4 Å². The number of hydrogen-bond donors (Lipinski definition) is 3. The quantitative estimate of drug-likeness (QED) is 0.733. The second-order valence-corrected chi connectivity index (χ2v) is 4.61. The topological polar surface area (TPSA) is 100 Å². The first-order valence-corrected chi connectivity index (χ1v) is 6.79. The fraction of sp³-hybridized carbons (Fsp3) is 0.133. The number of rotatable bonds is 6. The second-order valence-electron chi connectivity index (χ2n) is 4.61. The van der Waals surface area contributed by atoms with Crippen LogP contribution >= 0.6 is 0 Å². The van der Waals surface area contributed by atoms with E-state index in [0.29, 0.717) is 6.07 Å². The summed E-state index contributed by atoms with van der Waals surface area (Å²) in [7, 11) is 0. The summed E-state index contributed by atoms with van der Waals surface area (Å²) in [5.41, 5.74) is -0.207. The zero-order valence-electron chi connectivity index (χ0n) is 12.3. The molecule has 1 heterocycles. The van der Waals surface area contributed by atoms with Gasteiger partial charge in [-0.05, 0) is 24.3 Å². The number of amides is 3. The van der Waals surface area contributed by atoms with Crippen molar-refractivity contribution in [2.24, 2.45) is 0 Å². The molecule has 1 aromatic carbocycles. The molecule has 0 atom stereocenters. The molecule has 0 saturated carbocycles. The molecule has 24 heavy (non-hydrogen) atoms. The Morgan fingerprint density at radius 3 is 2.42 bits per heavy atom. The molecule has 0 saturated heterocycles. The Kier molecular flexibility index (Phi) is 5.61. The minimum absolute atomic E-state index is 0.0485. The highest BCUT2D eigenvalue weighted by Crippen LogP contribution is 2.14. The van der Waals surface area contributed by atoms with E-state index in [-0.39, 0.29) is 18.0 Å². The van der Waals surface area contributed by atoms with E-state index in [1.807, 2.05) is 0 Å². The number of carbonyl (C=O) groups excluding carboxylic acids is 3. The summed E-state index contributed by atoms with van der Waals surface area (Å²) in [5, 5.41) is 6.72. The minimum Gasteiger partial charge on any atom is -0.459 e. The van der Waals surface area contributed by atoms with E-state index >= 15 is 0 Å². The third-order valence-corrected chi connectivity index (χ3v) is 2.81. The maximum atomic E-state index is 13.4. The second kappa shape index (κ2) is 7.86. The molecule has 3 N–H and O–H groups in total. The highest BCUT2D eigenvalue weighted by atomic mass is 19.1. The average Bonchev–Trinajstić information content (AvgIpc) is 3.08. The Balaban J connectivity index is 1.73. The molecule has 0 aliphatic rings. The number of furan rings is 1. The molecule has 1 aromatic heterocycles. The number of benzene rings is 1. The molecular weight excluding hydrogens is 324 g/mol. The van der Waals surface area contributed by atoms with Gasteiger partial charge in [0.05, 0.1) is 25.0 Å². The molecule has 126 valence electrons. The summed E-state index contributed by atoms with van der Waals surface area (Å²) in [6.07, 6.45) is 1.31. The van der Waals surface area contributed by atoms with Gasteiger partial charge in [0.1, 0.15) is 11.6 Å². The summed E-state index contributed by atoms with van der Waals surface area (Å²) >= 11 is 0. The van der Waals surface area contributed by atoms with Gasteiger partial charge in [0, 0.05) is 6.07 Å². The predicted octanol–water partition coefficient (Wildman–Crippen LogP) is 1.04. The lowest BCUT2D eigenvalue weighted by Crippen LogP contribution is -2.40. The van der Waals surface area contributed by atoms with E-state index in [0.717, 1.165) is 12.1 Å². The number of hydrogen-bond acceptors (Lipinski definition) is 4. The van der Waals surface area contributed by atoms with Crippen LogP contribution in [0, 0.1) is 11.6 Å². The lowest BCUT2D eigenvalue weighted by molar-refractivity contribution is -0.123. The predicted molar refractivity (Wildman–Crippen MR) is 79.0 cm³/mol. The maximum absolute atomic E-state index is 13.4. The molecule has 0 radical (unpaired) electrons. The smallest absolute Gasteiger partial charge is 0.287 e. The molecule has 0 spiro atoms. The fourth-order valence-electron chi connectivity index (χ4n) is 1.68. The molecule has 2 aromatic rings.